The van der Waals surface area contributed by atoms with E-state index >= 15 is 0 Å². The van der Waals surface area contributed by atoms with Crippen LogP contribution in [-0.2, 0) is 41.3 Å². The fraction of sp³-hybridized carbons (Fsp3) is 0.352. The molecule has 14 aromatic rings. The van der Waals surface area contributed by atoms with Gasteiger partial charge in [0, 0.05) is 110 Å². The SMILES string of the molecule is CC(C)(C)c1ccc2c(c1)-c1nc-2nc2[nH]c(nc3nc(nc4[nH]c(n1)c1ccc(C(C)(C)C)cc41)-c1cc(C#C/C(CO[Si](C)(C)C(C)(C)C)=C(/C#Cc4ccc5c(c4)-c4nc-5nc5[nH]c(nc6nc(nc7[nH]c(n4)c4ccc(C(C)(C)C)cc74)-c4ccc(C(C)(C)C)cc4-6)c4cc(C(C)(C)C)ccc54)CO[Si](C)(C)C(C)(C)C)ccc1-3)c1cc(C(C)(C)C)ccc21. The van der Waals surface area contributed by atoms with E-state index in [1.54, 1.807) is 0 Å². The van der Waals surface area contributed by atoms with E-state index in [1.165, 1.54) is 0 Å². The Morgan fingerprint density at radius 3 is 0.680 bits per heavy atom. The molecule has 648 valence electrons. The molecule has 0 aliphatic carbocycles. The van der Waals surface area contributed by atoms with Crippen molar-refractivity contribution in [2.75, 3.05) is 13.2 Å². The fourth-order valence-electron chi connectivity index (χ4n) is 16.2. The first-order valence-corrected chi connectivity index (χ1v) is 50.5. The van der Waals surface area contributed by atoms with E-state index in [0.29, 0.717) is 103 Å². The molecule has 8 aromatic carbocycles. The number of aromatic amines is 4. The Balaban J connectivity index is 0.838. The van der Waals surface area contributed by atoms with E-state index < -0.39 is 16.6 Å². The zero-order valence-corrected chi connectivity index (χ0v) is 81.5. The lowest BCUT2D eigenvalue weighted by molar-refractivity contribution is 0.308. The van der Waals surface area contributed by atoms with Gasteiger partial charge >= 0.3 is 0 Å². The quantitative estimate of drug-likeness (QED) is 0.0895. The predicted molar refractivity (Wildman–Crippen MR) is 531 cm³/mol. The van der Waals surface area contributed by atoms with Crippen LogP contribution >= 0.6 is 0 Å². The Morgan fingerprint density at radius 1 is 0.242 bits per heavy atom. The van der Waals surface area contributed by atoms with Gasteiger partial charge in [0.1, 0.15) is 45.2 Å². The minimum atomic E-state index is -2.47. The van der Waals surface area contributed by atoms with Gasteiger partial charge in [-0.05, 0) is 175 Å². The minimum Gasteiger partial charge on any atom is -0.412 e. The maximum Gasteiger partial charge on any atom is 0.192 e. The van der Waals surface area contributed by atoms with Crippen molar-refractivity contribution in [3.05, 3.63) is 201 Å². The van der Waals surface area contributed by atoms with Gasteiger partial charge in [-0.1, -0.05) is 263 Å². The Labute approximate surface area is 752 Å². The molecule has 0 unspecified atom stereocenters. The fourth-order valence-corrected chi connectivity index (χ4v) is 18.1. The molecule has 18 nitrogen and oxygen atoms in total. The highest BCUT2D eigenvalue weighted by Crippen LogP contribution is 2.46. The van der Waals surface area contributed by atoms with Crippen LogP contribution < -0.4 is 0 Å². The van der Waals surface area contributed by atoms with Gasteiger partial charge in [0.25, 0.3) is 0 Å². The summed E-state index contributed by atoms with van der Waals surface area (Å²) in [5.41, 5.74) is 20.4. The highest BCUT2D eigenvalue weighted by molar-refractivity contribution is 6.74. The van der Waals surface area contributed by atoms with E-state index in [1.807, 2.05) is 12.1 Å². The summed E-state index contributed by atoms with van der Waals surface area (Å²) in [4.78, 5) is 80.5. The second kappa shape index (κ2) is 30.2. The Kier molecular flexibility index (Phi) is 20.4. The zero-order valence-electron chi connectivity index (χ0n) is 79.5. The van der Waals surface area contributed by atoms with Crippen LogP contribution in [0.1, 0.15) is 211 Å². The number of hydrogen-bond donors (Lipinski definition) is 4. The van der Waals surface area contributed by atoms with Crippen molar-refractivity contribution in [3.8, 4) is 115 Å². The van der Waals surface area contributed by atoms with Crippen LogP contribution in [0.15, 0.2) is 157 Å². The summed E-state index contributed by atoms with van der Waals surface area (Å²) in [7, 11) is -4.93. The molecule has 0 fully saturated rings. The number of hydrogen-bond acceptors (Lipinski definition) is 14. The highest BCUT2D eigenvalue weighted by atomic mass is 28.4. The molecular weight excluding hydrogens is 1610 g/mol. The van der Waals surface area contributed by atoms with Gasteiger partial charge in [-0.3, -0.25) is 0 Å². The molecule has 16 bridgehead atoms. The third kappa shape index (κ3) is 16.1. The van der Waals surface area contributed by atoms with Crippen LogP contribution in [0.3, 0.4) is 0 Å². The summed E-state index contributed by atoms with van der Waals surface area (Å²) in [5.74, 6) is 19.0. The number of aromatic nitrogens is 16. The minimum absolute atomic E-state index is 0.134. The lowest BCUT2D eigenvalue weighted by atomic mass is 9.85. The number of fused-ring (bicyclic) bond motifs is 40. The molecule has 18 rings (SSSR count). The summed E-state index contributed by atoms with van der Waals surface area (Å²) in [6, 6.07) is 51.7. The Hall–Kier alpha value is -12.3. The van der Waals surface area contributed by atoms with E-state index in [4.69, 9.17) is 68.7 Å². The van der Waals surface area contributed by atoms with Crippen molar-refractivity contribution in [2.45, 2.75) is 235 Å². The second-order valence-corrected chi connectivity index (χ2v) is 54.0. The molecule has 0 radical (unpaired) electrons. The van der Waals surface area contributed by atoms with E-state index in [-0.39, 0.29) is 55.8 Å². The normalized spacial score (nSPS) is 13.6. The van der Waals surface area contributed by atoms with Gasteiger partial charge in [-0.25, -0.2) is 59.8 Å². The van der Waals surface area contributed by atoms with Gasteiger partial charge in [0.05, 0.1) is 13.2 Å². The standard InChI is InChI=1S/C108H116N16O2Si2/c1-101(2,3)63-35-43-71-79(51-63)95-114-86-70-42-32-60(50-78(70)94(112-86)123-98-83-55-67(105(13,14)15)39-47-75(83)91(121-98)119-96-80-52-64(102(4,5)6)36-44-72(80)89(116-96)110-88(71)115-95)30-34-62(58-126-128(27,28)108(22,23)24)61(57-125-127(25,26)107(19,20)21)33-29-59-31-41-69-77(49-59)93-111-85(69)109-87-73-45-37-66(104(10,11)12)54-82(73)99(117-87)124-100-84-56-68(106(16,17)18)40-48-76(84)92(122-100)120-97-81-53-65(103(7,8)9)38-46-74(81)90(113-93)118-97/h31-32,35-56H,57-58H2,1-28H3,(H2,109,111,113,117,118,120,122,124)(H2,110,112,114,115,116,119,121,123)/b62-61+. The maximum absolute atomic E-state index is 7.30. The average molecular weight is 1730 g/mol. The molecule has 128 heavy (non-hydrogen) atoms. The number of nitrogens with zero attached hydrogens (tertiary/aromatic N) is 12. The van der Waals surface area contributed by atoms with Crippen LogP contribution in [0.4, 0.5) is 0 Å². The number of H-pyrrole nitrogens is 4. The van der Waals surface area contributed by atoms with Crippen LogP contribution in [0.5, 0.6) is 0 Å². The Morgan fingerprint density at radius 2 is 0.445 bits per heavy atom. The molecule has 4 N–H and O–H groups in total. The molecular formula is C108H116N16O2Si2. The first kappa shape index (κ1) is 86.4. The van der Waals surface area contributed by atoms with Crippen molar-refractivity contribution in [1.82, 2.24) is 79.7 Å². The summed E-state index contributed by atoms with van der Waals surface area (Å²) < 4.78 is 14.6. The largest absolute Gasteiger partial charge is 0.412 e. The van der Waals surface area contributed by atoms with Crippen molar-refractivity contribution in [1.29, 1.82) is 0 Å². The van der Waals surface area contributed by atoms with E-state index in [9.17, 15) is 0 Å². The molecule has 4 aliphatic heterocycles. The summed E-state index contributed by atoms with van der Waals surface area (Å²) in [5, 5.41) is 6.92. The van der Waals surface area contributed by atoms with Crippen molar-refractivity contribution < 1.29 is 8.85 Å². The first-order valence-electron chi connectivity index (χ1n) is 44.7. The number of benzene rings is 8. The number of nitrogens with one attached hydrogen (secondary N) is 4. The number of rotatable bonds is 6. The van der Waals surface area contributed by atoms with E-state index in [0.717, 1.165) is 132 Å². The average Bonchev–Trinajstić information content (AvgIpc) is 1.59. The Bertz CT molecular complexity index is 7620. The van der Waals surface area contributed by atoms with Crippen molar-refractivity contribution >= 4 is 105 Å². The van der Waals surface area contributed by atoms with Crippen LogP contribution in [-0.4, -0.2) is 110 Å². The topological polar surface area (TPSA) is 236 Å². The van der Waals surface area contributed by atoms with Crippen molar-refractivity contribution in [3.63, 3.8) is 0 Å². The van der Waals surface area contributed by atoms with Gasteiger partial charge in [-0.2, -0.15) is 0 Å². The van der Waals surface area contributed by atoms with Crippen molar-refractivity contribution in [2.24, 2.45) is 0 Å². The molecule has 10 heterocycles. The maximum atomic E-state index is 7.30. The smallest absolute Gasteiger partial charge is 0.192 e. The molecule has 0 saturated heterocycles. The van der Waals surface area contributed by atoms with Gasteiger partial charge in [-0.15, -0.1) is 0 Å². The molecule has 6 aromatic heterocycles. The van der Waals surface area contributed by atoms with E-state index in [2.05, 4.69) is 369 Å². The third-order valence-corrected chi connectivity index (χ3v) is 35.7. The van der Waals surface area contributed by atoms with Gasteiger partial charge < -0.3 is 28.8 Å². The van der Waals surface area contributed by atoms with Crippen LogP contribution in [0, 0.1) is 23.7 Å². The lowest BCUT2D eigenvalue weighted by Crippen LogP contribution is -2.42. The van der Waals surface area contributed by atoms with Gasteiger partial charge in [0.2, 0.25) is 0 Å². The molecule has 0 spiro atoms. The molecule has 4 aliphatic rings. The second-order valence-electron chi connectivity index (χ2n) is 44.4. The van der Waals surface area contributed by atoms with Crippen LogP contribution in [0.25, 0.3) is 179 Å². The molecule has 0 saturated carbocycles. The summed E-state index contributed by atoms with van der Waals surface area (Å²) in [6.07, 6.45) is 0. The highest BCUT2D eigenvalue weighted by Gasteiger charge is 2.40. The molecule has 0 atom stereocenters. The molecule has 0 amide bonds. The van der Waals surface area contributed by atoms with Gasteiger partial charge in [0.15, 0.2) is 63.2 Å². The zero-order chi connectivity index (χ0) is 91.2. The molecule has 20 heteroatoms. The summed E-state index contributed by atoms with van der Waals surface area (Å²) in [6.45, 7) is 63.2. The first-order chi connectivity index (χ1) is 59.8. The third-order valence-electron chi connectivity index (χ3n) is 26.7. The monoisotopic (exact) mass is 1720 g/mol. The lowest BCUT2D eigenvalue weighted by Gasteiger charge is -2.37. The predicted octanol–water partition coefficient (Wildman–Crippen LogP) is 26.6. The summed E-state index contributed by atoms with van der Waals surface area (Å²) >= 11 is 0. The van der Waals surface area contributed by atoms with Crippen LogP contribution in [0.2, 0.25) is 36.3 Å².